The second-order valence-corrected chi connectivity index (χ2v) is 3.17. The van der Waals surface area contributed by atoms with Gasteiger partial charge in [0.25, 0.3) is 0 Å². The monoisotopic (exact) mass is 244 g/mol. The number of esters is 1. The first-order chi connectivity index (χ1) is 8.08. The Morgan fingerprint density at radius 3 is 2.24 bits per heavy atom. The molecule has 0 bridgehead atoms. The number of carbonyl (C=O) groups is 2. The number of rotatable bonds is 8. The van der Waals surface area contributed by atoms with Crippen molar-refractivity contribution in [2.75, 3.05) is 19.8 Å². The average molecular weight is 244 g/mol. The smallest absolute Gasteiger partial charge is 0.345 e. The summed E-state index contributed by atoms with van der Waals surface area (Å²) in [4.78, 5) is 23.4. The molecule has 0 amide bonds. The highest BCUT2D eigenvalue weighted by atomic mass is 16.5. The zero-order chi connectivity index (χ0) is 13.3. The summed E-state index contributed by atoms with van der Waals surface area (Å²) < 4.78 is 14.9. The van der Waals surface area contributed by atoms with Gasteiger partial charge in [0.15, 0.2) is 0 Å². The van der Waals surface area contributed by atoms with E-state index < -0.39 is 17.9 Å². The van der Waals surface area contributed by atoms with Gasteiger partial charge in [0.05, 0.1) is 13.2 Å². The first-order valence-corrected chi connectivity index (χ1v) is 5.73. The highest BCUT2D eigenvalue weighted by Crippen LogP contribution is 2.07. The van der Waals surface area contributed by atoms with Crippen molar-refractivity contribution < 1.29 is 23.8 Å². The Morgan fingerprint density at radius 2 is 1.76 bits per heavy atom. The maximum Gasteiger partial charge on any atom is 0.345 e. The molecule has 1 unspecified atom stereocenters. The van der Waals surface area contributed by atoms with Crippen molar-refractivity contribution in [2.24, 2.45) is 0 Å². The molecular formula is C12H20O5. The van der Waals surface area contributed by atoms with Crippen molar-refractivity contribution in [3.05, 3.63) is 11.8 Å². The molecule has 1 atom stereocenters. The summed E-state index contributed by atoms with van der Waals surface area (Å²) in [5.74, 6) is -1.11. The van der Waals surface area contributed by atoms with Gasteiger partial charge >= 0.3 is 5.97 Å². The van der Waals surface area contributed by atoms with Crippen molar-refractivity contribution in [1.29, 1.82) is 0 Å². The van der Waals surface area contributed by atoms with Gasteiger partial charge in [-0.05, 0) is 27.7 Å². The molecule has 17 heavy (non-hydrogen) atoms. The van der Waals surface area contributed by atoms with Crippen molar-refractivity contribution >= 4 is 11.8 Å². The van der Waals surface area contributed by atoms with E-state index in [1.807, 2.05) is 0 Å². The lowest BCUT2D eigenvalue weighted by atomic mass is 10.1. The van der Waals surface area contributed by atoms with Gasteiger partial charge in [-0.15, -0.1) is 0 Å². The molecule has 0 rings (SSSR count). The van der Waals surface area contributed by atoms with Crippen LogP contribution in [0, 0.1) is 0 Å². The zero-order valence-corrected chi connectivity index (χ0v) is 10.8. The van der Waals surface area contributed by atoms with Gasteiger partial charge < -0.3 is 14.2 Å². The number of ether oxygens (including phenoxy) is 3. The van der Waals surface area contributed by atoms with Crippen LogP contribution in [0.2, 0.25) is 0 Å². The lowest BCUT2D eigenvalue weighted by molar-refractivity contribution is -0.141. The van der Waals surface area contributed by atoms with Gasteiger partial charge in [0.1, 0.15) is 17.9 Å². The van der Waals surface area contributed by atoms with Crippen LogP contribution in [0.1, 0.15) is 27.7 Å². The number of Topliss-reactive ketones (excluding diaryl/α,β-unsaturated/α-hetero) is 1. The van der Waals surface area contributed by atoms with Gasteiger partial charge in [-0.3, -0.25) is 4.79 Å². The molecule has 98 valence electrons. The molecule has 0 aromatic heterocycles. The SMILES string of the molecule is CCO/C=C(\C(=O)OCC)C(=O)C(C)OCC. The molecule has 0 aliphatic heterocycles. The normalized spacial score (nSPS) is 13.1. The number of carbonyl (C=O) groups excluding carboxylic acids is 2. The first kappa shape index (κ1) is 15.6. The molecule has 0 N–H and O–H groups in total. The summed E-state index contributed by atoms with van der Waals surface area (Å²) in [6.07, 6.45) is 0.451. The fourth-order valence-electron chi connectivity index (χ4n) is 1.13. The second-order valence-electron chi connectivity index (χ2n) is 3.17. The molecule has 5 heteroatoms. The molecule has 0 aromatic carbocycles. The van der Waals surface area contributed by atoms with Crippen LogP contribution < -0.4 is 0 Å². The number of hydrogen-bond donors (Lipinski definition) is 0. The number of ketones is 1. The molecule has 0 heterocycles. The molecule has 5 nitrogen and oxygen atoms in total. The highest BCUT2D eigenvalue weighted by Gasteiger charge is 2.25. The van der Waals surface area contributed by atoms with Crippen LogP contribution in [0.15, 0.2) is 11.8 Å². The third kappa shape index (κ3) is 5.49. The van der Waals surface area contributed by atoms with E-state index in [1.165, 1.54) is 0 Å². The molecule has 0 saturated carbocycles. The van der Waals surface area contributed by atoms with Gasteiger partial charge in [0, 0.05) is 6.61 Å². The Balaban J connectivity index is 4.79. The number of hydrogen-bond acceptors (Lipinski definition) is 5. The van der Waals surface area contributed by atoms with Crippen molar-refractivity contribution in [3.63, 3.8) is 0 Å². The van der Waals surface area contributed by atoms with Crippen LogP contribution in [0.3, 0.4) is 0 Å². The van der Waals surface area contributed by atoms with Crippen LogP contribution in [0.25, 0.3) is 0 Å². The van der Waals surface area contributed by atoms with Gasteiger partial charge in [-0.25, -0.2) is 4.79 Å². The van der Waals surface area contributed by atoms with E-state index in [4.69, 9.17) is 14.2 Å². The fourth-order valence-corrected chi connectivity index (χ4v) is 1.13. The molecule has 0 spiro atoms. The van der Waals surface area contributed by atoms with Crippen molar-refractivity contribution in [1.82, 2.24) is 0 Å². The van der Waals surface area contributed by atoms with E-state index in [9.17, 15) is 9.59 Å². The Labute approximate surface area is 102 Å². The quantitative estimate of drug-likeness (QED) is 0.213. The lowest BCUT2D eigenvalue weighted by Gasteiger charge is -2.12. The van der Waals surface area contributed by atoms with Crippen LogP contribution >= 0.6 is 0 Å². The predicted octanol–water partition coefficient (Wildman–Crippen LogP) is 1.46. The molecule has 0 fully saturated rings. The third-order valence-electron chi connectivity index (χ3n) is 1.91. The summed E-state index contributed by atoms with van der Waals surface area (Å²) in [7, 11) is 0. The van der Waals surface area contributed by atoms with Gasteiger partial charge in [-0.1, -0.05) is 0 Å². The Morgan fingerprint density at radius 1 is 1.12 bits per heavy atom. The molecule has 0 saturated heterocycles. The molecular weight excluding hydrogens is 224 g/mol. The Bertz CT molecular complexity index is 283. The van der Waals surface area contributed by atoms with Crippen molar-refractivity contribution in [2.45, 2.75) is 33.8 Å². The van der Waals surface area contributed by atoms with Gasteiger partial charge in [0.2, 0.25) is 5.78 Å². The standard InChI is InChI=1S/C12H20O5/c1-5-15-8-10(12(14)17-7-3)11(13)9(4)16-6-2/h8-9H,5-7H2,1-4H3/b10-8-. The Kier molecular flexibility index (Phi) is 8.05. The highest BCUT2D eigenvalue weighted by molar-refractivity contribution is 6.18. The van der Waals surface area contributed by atoms with E-state index in [2.05, 4.69) is 0 Å². The summed E-state index contributed by atoms with van der Waals surface area (Å²) in [5, 5.41) is 0. The molecule has 0 radical (unpaired) electrons. The van der Waals surface area contributed by atoms with E-state index in [-0.39, 0.29) is 12.2 Å². The van der Waals surface area contributed by atoms with E-state index in [1.54, 1.807) is 27.7 Å². The van der Waals surface area contributed by atoms with Gasteiger partial charge in [-0.2, -0.15) is 0 Å². The van der Waals surface area contributed by atoms with E-state index in [0.717, 1.165) is 6.26 Å². The fraction of sp³-hybridized carbons (Fsp3) is 0.667. The zero-order valence-electron chi connectivity index (χ0n) is 10.8. The minimum absolute atomic E-state index is 0.116. The topological polar surface area (TPSA) is 61.8 Å². The third-order valence-corrected chi connectivity index (χ3v) is 1.91. The Hall–Kier alpha value is -1.36. The predicted molar refractivity (Wildman–Crippen MR) is 62.4 cm³/mol. The van der Waals surface area contributed by atoms with Crippen molar-refractivity contribution in [3.8, 4) is 0 Å². The summed E-state index contributed by atoms with van der Waals surface area (Å²) in [5.41, 5.74) is -0.116. The summed E-state index contributed by atoms with van der Waals surface area (Å²) in [6, 6.07) is 0. The second kappa shape index (κ2) is 8.75. The largest absolute Gasteiger partial charge is 0.500 e. The average Bonchev–Trinajstić information content (AvgIpc) is 2.30. The van der Waals surface area contributed by atoms with Crippen LogP contribution in [-0.2, 0) is 23.8 Å². The lowest BCUT2D eigenvalue weighted by Crippen LogP contribution is -2.27. The van der Waals surface area contributed by atoms with Crippen LogP contribution in [-0.4, -0.2) is 37.7 Å². The molecule has 0 aliphatic carbocycles. The van der Waals surface area contributed by atoms with Crippen LogP contribution in [0.5, 0.6) is 0 Å². The minimum Gasteiger partial charge on any atom is -0.500 e. The van der Waals surface area contributed by atoms with Crippen LogP contribution in [0.4, 0.5) is 0 Å². The molecule has 0 aromatic rings. The summed E-state index contributed by atoms with van der Waals surface area (Å²) in [6.45, 7) is 7.78. The minimum atomic E-state index is -0.684. The van der Waals surface area contributed by atoms with E-state index >= 15 is 0 Å². The maximum absolute atomic E-state index is 11.9. The summed E-state index contributed by atoms with van der Waals surface area (Å²) >= 11 is 0. The molecule has 0 aliphatic rings. The van der Waals surface area contributed by atoms with E-state index in [0.29, 0.717) is 13.2 Å². The maximum atomic E-state index is 11.9. The first-order valence-electron chi connectivity index (χ1n) is 5.73.